The van der Waals surface area contributed by atoms with Crippen molar-refractivity contribution in [2.24, 2.45) is 0 Å². The number of carbonyl (C=O) groups excluding carboxylic acids is 2. The number of para-hydroxylation sites is 1. The lowest BCUT2D eigenvalue weighted by atomic mass is 10.3. The first-order valence-electron chi connectivity index (χ1n) is 10.3. The Kier molecular flexibility index (Phi) is 6.62. The zero-order chi connectivity index (χ0) is 24.1. The van der Waals surface area contributed by atoms with E-state index >= 15 is 0 Å². The maximum absolute atomic E-state index is 13.7. The molecule has 0 fully saturated rings. The summed E-state index contributed by atoms with van der Waals surface area (Å²) in [5.41, 5.74) is 0.905. The minimum atomic E-state index is -0.848. The summed E-state index contributed by atoms with van der Waals surface area (Å²) in [6, 6.07) is 13.2. The zero-order valence-electron chi connectivity index (χ0n) is 18.0. The summed E-state index contributed by atoms with van der Waals surface area (Å²) < 4.78 is 34.8. The van der Waals surface area contributed by atoms with Gasteiger partial charge in [0.25, 0.3) is 11.8 Å². The lowest BCUT2D eigenvalue weighted by Gasteiger charge is -2.07. The number of amides is 2. The third-order valence-electron chi connectivity index (χ3n) is 4.70. The number of ether oxygens (including phenoxy) is 1. The van der Waals surface area contributed by atoms with Crippen molar-refractivity contribution >= 4 is 23.2 Å². The van der Waals surface area contributed by atoms with Crippen molar-refractivity contribution < 1.29 is 23.1 Å². The predicted octanol–water partition coefficient (Wildman–Crippen LogP) is 3.92. The second-order valence-corrected chi connectivity index (χ2v) is 7.11. The van der Waals surface area contributed by atoms with Gasteiger partial charge < -0.3 is 15.4 Å². The highest BCUT2D eigenvalue weighted by molar-refractivity contribution is 6.10. The molecule has 2 amide bonds. The van der Waals surface area contributed by atoms with Crippen LogP contribution in [0.25, 0.3) is 0 Å². The monoisotopic (exact) mass is 466 g/mol. The van der Waals surface area contributed by atoms with Crippen LogP contribution in [0.3, 0.4) is 0 Å². The molecule has 0 saturated heterocycles. The second kappa shape index (κ2) is 9.94. The number of hydrogen-bond donors (Lipinski definition) is 2. The number of nitrogens with one attached hydrogen (secondary N) is 2. The van der Waals surface area contributed by atoms with Gasteiger partial charge in [-0.1, -0.05) is 18.2 Å². The third kappa shape index (κ3) is 5.26. The van der Waals surface area contributed by atoms with E-state index in [1.807, 2.05) is 13.0 Å². The Bertz CT molecular complexity index is 1320. The number of benzene rings is 2. The molecule has 11 heteroatoms. The van der Waals surface area contributed by atoms with Gasteiger partial charge in [0, 0.05) is 30.7 Å². The number of aryl methyl sites for hydroxylation is 1. The average molecular weight is 466 g/mol. The van der Waals surface area contributed by atoms with Gasteiger partial charge in [-0.25, -0.2) is 13.5 Å². The number of halogens is 2. The fourth-order valence-corrected chi connectivity index (χ4v) is 3.02. The molecule has 2 N–H and O–H groups in total. The summed E-state index contributed by atoms with van der Waals surface area (Å²) in [7, 11) is 0. The fourth-order valence-electron chi connectivity index (χ4n) is 3.02. The molecule has 0 atom stereocenters. The van der Waals surface area contributed by atoms with Crippen LogP contribution in [0.2, 0.25) is 0 Å². The molecular weight excluding hydrogens is 446 g/mol. The molecule has 0 unspecified atom stereocenters. The first-order valence-corrected chi connectivity index (χ1v) is 10.3. The summed E-state index contributed by atoms with van der Waals surface area (Å²) in [4.78, 5) is 25.5. The van der Waals surface area contributed by atoms with Crippen molar-refractivity contribution in [1.82, 2.24) is 19.6 Å². The van der Waals surface area contributed by atoms with E-state index in [9.17, 15) is 18.4 Å². The van der Waals surface area contributed by atoms with E-state index in [4.69, 9.17) is 4.74 Å². The van der Waals surface area contributed by atoms with Crippen molar-refractivity contribution in [1.29, 1.82) is 0 Å². The molecule has 0 radical (unpaired) electrons. The predicted molar refractivity (Wildman–Crippen MR) is 119 cm³/mol. The van der Waals surface area contributed by atoms with E-state index in [-0.39, 0.29) is 29.6 Å². The van der Waals surface area contributed by atoms with Crippen LogP contribution < -0.4 is 15.4 Å². The molecule has 2 aromatic heterocycles. The van der Waals surface area contributed by atoms with Crippen LogP contribution in [0.15, 0.2) is 67.0 Å². The number of hydrogen-bond acceptors (Lipinski definition) is 5. The summed E-state index contributed by atoms with van der Waals surface area (Å²) in [5.74, 6) is -2.76. The number of nitrogens with zero attached hydrogens (tertiary/aromatic N) is 4. The molecule has 0 spiro atoms. The van der Waals surface area contributed by atoms with Gasteiger partial charge in [-0.05, 0) is 37.3 Å². The van der Waals surface area contributed by atoms with Crippen LogP contribution in [-0.2, 0) is 13.3 Å². The fraction of sp³-hybridized carbons (Fsp3) is 0.130. The first kappa shape index (κ1) is 22.6. The Morgan fingerprint density at radius 3 is 2.50 bits per heavy atom. The van der Waals surface area contributed by atoms with Crippen molar-refractivity contribution in [2.45, 2.75) is 20.2 Å². The molecule has 9 nitrogen and oxygen atoms in total. The maximum atomic E-state index is 13.7. The molecule has 2 aromatic carbocycles. The first-order chi connectivity index (χ1) is 16.4. The standard InChI is InChI=1S/C23H20F2N6O3/c1-2-30-13-19(21(29-30)23(33)26-16-6-4-3-5-7-16)27-22(32)18-10-11-31(28-18)14-34-20-9-8-15(24)12-17(20)25/h3-13H,2,14H2,1H3,(H,26,33)(H,27,32). The molecule has 0 saturated carbocycles. The maximum Gasteiger partial charge on any atom is 0.278 e. The molecule has 34 heavy (non-hydrogen) atoms. The smallest absolute Gasteiger partial charge is 0.278 e. The van der Waals surface area contributed by atoms with E-state index < -0.39 is 23.4 Å². The Hall–Kier alpha value is -4.54. The lowest BCUT2D eigenvalue weighted by molar-refractivity contribution is 0.102. The number of aromatic nitrogens is 4. The van der Waals surface area contributed by atoms with Crippen LogP contribution in [0, 0.1) is 11.6 Å². The van der Waals surface area contributed by atoms with Gasteiger partial charge in [-0.3, -0.25) is 14.3 Å². The van der Waals surface area contributed by atoms with E-state index in [2.05, 4.69) is 20.8 Å². The van der Waals surface area contributed by atoms with Gasteiger partial charge in [0.15, 0.2) is 29.7 Å². The minimum Gasteiger partial charge on any atom is -0.468 e. The normalized spacial score (nSPS) is 10.7. The van der Waals surface area contributed by atoms with Gasteiger partial charge in [-0.15, -0.1) is 0 Å². The summed E-state index contributed by atoms with van der Waals surface area (Å²) in [6.45, 7) is 2.14. The third-order valence-corrected chi connectivity index (χ3v) is 4.70. The molecule has 0 aliphatic carbocycles. The van der Waals surface area contributed by atoms with Crippen molar-refractivity contribution in [3.8, 4) is 5.75 Å². The highest BCUT2D eigenvalue weighted by Crippen LogP contribution is 2.19. The van der Waals surface area contributed by atoms with E-state index in [1.54, 1.807) is 30.5 Å². The van der Waals surface area contributed by atoms with Crippen molar-refractivity contribution in [3.63, 3.8) is 0 Å². The number of anilines is 2. The summed E-state index contributed by atoms with van der Waals surface area (Å²) in [5, 5.41) is 13.7. The molecule has 0 aliphatic heterocycles. The van der Waals surface area contributed by atoms with Gasteiger partial charge in [-0.2, -0.15) is 10.2 Å². The van der Waals surface area contributed by atoms with Gasteiger partial charge in [0.05, 0.1) is 5.69 Å². The highest BCUT2D eigenvalue weighted by Gasteiger charge is 2.20. The largest absolute Gasteiger partial charge is 0.468 e. The zero-order valence-corrected chi connectivity index (χ0v) is 18.0. The Labute approximate surface area is 193 Å². The van der Waals surface area contributed by atoms with E-state index in [0.29, 0.717) is 18.3 Å². The Balaban J connectivity index is 1.44. The lowest BCUT2D eigenvalue weighted by Crippen LogP contribution is -2.18. The topological polar surface area (TPSA) is 103 Å². The molecule has 4 rings (SSSR count). The molecule has 4 aromatic rings. The molecule has 174 valence electrons. The van der Waals surface area contributed by atoms with Crippen LogP contribution >= 0.6 is 0 Å². The van der Waals surface area contributed by atoms with Gasteiger partial charge in [0.2, 0.25) is 0 Å². The quantitative estimate of drug-likeness (QED) is 0.410. The highest BCUT2D eigenvalue weighted by atomic mass is 19.1. The average Bonchev–Trinajstić information content (AvgIpc) is 3.46. The summed E-state index contributed by atoms with van der Waals surface area (Å²) >= 11 is 0. The molecule has 0 aliphatic rings. The summed E-state index contributed by atoms with van der Waals surface area (Å²) in [6.07, 6.45) is 3.02. The van der Waals surface area contributed by atoms with E-state index in [1.165, 1.54) is 21.6 Å². The van der Waals surface area contributed by atoms with Crippen molar-refractivity contribution in [2.75, 3.05) is 10.6 Å². The molecule has 2 heterocycles. The number of carbonyl (C=O) groups is 2. The van der Waals surface area contributed by atoms with Crippen LogP contribution in [0.4, 0.5) is 20.2 Å². The van der Waals surface area contributed by atoms with Crippen LogP contribution in [-0.4, -0.2) is 31.4 Å². The Morgan fingerprint density at radius 2 is 1.76 bits per heavy atom. The second-order valence-electron chi connectivity index (χ2n) is 7.11. The van der Waals surface area contributed by atoms with Gasteiger partial charge in [0.1, 0.15) is 5.82 Å². The van der Waals surface area contributed by atoms with Crippen LogP contribution in [0.1, 0.15) is 27.9 Å². The Morgan fingerprint density at radius 1 is 0.971 bits per heavy atom. The van der Waals surface area contributed by atoms with Gasteiger partial charge >= 0.3 is 0 Å². The molecule has 0 bridgehead atoms. The van der Waals surface area contributed by atoms with E-state index in [0.717, 1.165) is 12.1 Å². The van der Waals surface area contributed by atoms with Crippen LogP contribution in [0.5, 0.6) is 5.75 Å². The number of rotatable bonds is 8. The van der Waals surface area contributed by atoms with Crippen molar-refractivity contribution in [3.05, 3.63) is 90.0 Å². The minimum absolute atomic E-state index is 0.0434. The SMILES string of the molecule is CCn1cc(NC(=O)c2ccn(COc3ccc(F)cc3F)n2)c(C(=O)Nc2ccccc2)n1. The molecular formula is C23H20F2N6O3.